The van der Waals surface area contributed by atoms with E-state index in [1.807, 2.05) is 12.1 Å². The van der Waals surface area contributed by atoms with E-state index >= 15 is 0 Å². The summed E-state index contributed by atoms with van der Waals surface area (Å²) < 4.78 is 0.773. The molecule has 108 valence electrons. The molecule has 3 rings (SSSR count). The van der Waals surface area contributed by atoms with Crippen molar-refractivity contribution in [3.8, 4) is 0 Å². The minimum absolute atomic E-state index is 0.152. The van der Waals surface area contributed by atoms with E-state index in [2.05, 4.69) is 30.5 Å². The number of hydrogen-bond donors (Lipinski definition) is 0. The second kappa shape index (κ2) is 5.99. The van der Waals surface area contributed by atoms with Gasteiger partial charge in [0.15, 0.2) is 5.78 Å². The number of thiocarbonyl (C=S) groups is 1. The zero-order chi connectivity index (χ0) is 15.0. The normalized spacial score (nSPS) is 24.6. The molecule has 2 nitrogen and oxygen atoms in total. The zero-order valence-electron chi connectivity index (χ0n) is 11.7. The first kappa shape index (κ1) is 14.9. The molecule has 0 bridgehead atoms. The highest BCUT2D eigenvalue weighted by molar-refractivity contribution is 8.27. The van der Waals surface area contributed by atoms with Gasteiger partial charge in [0, 0.05) is 11.4 Å². The van der Waals surface area contributed by atoms with Crippen molar-refractivity contribution < 1.29 is 4.79 Å². The Morgan fingerprint density at radius 3 is 2.86 bits per heavy atom. The van der Waals surface area contributed by atoms with Crippen molar-refractivity contribution in [2.45, 2.75) is 18.2 Å². The Morgan fingerprint density at radius 1 is 1.38 bits per heavy atom. The second-order valence-electron chi connectivity index (χ2n) is 4.81. The van der Waals surface area contributed by atoms with Gasteiger partial charge in [0.05, 0.1) is 25.7 Å². The van der Waals surface area contributed by atoms with E-state index in [1.54, 1.807) is 17.8 Å². The molecule has 2 aliphatic rings. The molecule has 1 fully saturated rings. The maximum atomic E-state index is 12.7. The van der Waals surface area contributed by atoms with E-state index in [1.165, 1.54) is 22.3 Å². The van der Waals surface area contributed by atoms with Gasteiger partial charge < -0.3 is 4.90 Å². The van der Waals surface area contributed by atoms with Crippen molar-refractivity contribution in [2.24, 2.45) is 5.92 Å². The largest absolute Gasteiger partial charge is 0.334 e. The first-order valence-corrected chi connectivity index (χ1v) is 8.87. The molecular formula is C16H15NOS3. The zero-order valence-corrected chi connectivity index (χ0v) is 14.1. The quantitative estimate of drug-likeness (QED) is 0.455. The van der Waals surface area contributed by atoms with Gasteiger partial charge in [-0.2, -0.15) is 0 Å². The summed E-state index contributed by atoms with van der Waals surface area (Å²) in [7, 11) is 0. The smallest absolute Gasteiger partial charge is 0.181 e. The van der Waals surface area contributed by atoms with Gasteiger partial charge in [-0.15, -0.1) is 6.58 Å². The van der Waals surface area contributed by atoms with Gasteiger partial charge in [0.25, 0.3) is 0 Å². The van der Waals surface area contributed by atoms with Crippen LogP contribution in [0.2, 0.25) is 0 Å². The van der Waals surface area contributed by atoms with Gasteiger partial charge in [-0.3, -0.25) is 4.79 Å². The van der Waals surface area contributed by atoms with Crippen molar-refractivity contribution in [1.29, 1.82) is 0 Å². The fourth-order valence-electron chi connectivity index (χ4n) is 2.52. The number of thioether (sulfide) groups is 2. The number of carbonyl (C=O) groups is 1. The summed E-state index contributed by atoms with van der Waals surface area (Å²) in [5.74, 6) is -0.0355. The highest BCUT2D eigenvalue weighted by Gasteiger charge is 2.39. The van der Waals surface area contributed by atoms with E-state index in [0.717, 1.165) is 20.7 Å². The lowest BCUT2D eigenvalue weighted by molar-refractivity contribution is -0.116. The maximum Gasteiger partial charge on any atom is 0.181 e. The third kappa shape index (κ3) is 2.47. The fourth-order valence-corrected chi connectivity index (χ4v) is 5.38. The lowest BCUT2D eigenvalue weighted by atomic mass is 10.0. The molecule has 0 amide bonds. The van der Waals surface area contributed by atoms with Crippen molar-refractivity contribution in [1.82, 2.24) is 0 Å². The number of rotatable bonds is 3. The van der Waals surface area contributed by atoms with Gasteiger partial charge in [-0.25, -0.2) is 0 Å². The van der Waals surface area contributed by atoms with Crippen molar-refractivity contribution in [2.75, 3.05) is 11.4 Å². The van der Waals surface area contributed by atoms with Crippen LogP contribution in [0.5, 0.6) is 0 Å². The maximum absolute atomic E-state index is 12.7. The summed E-state index contributed by atoms with van der Waals surface area (Å²) in [5, 5.41) is 1.03. The van der Waals surface area contributed by atoms with Crippen LogP contribution in [0.4, 0.5) is 5.69 Å². The van der Waals surface area contributed by atoms with Crippen molar-refractivity contribution in [3.05, 3.63) is 46.9 Å². The van der Waals surface area contributed by atoms with Gasteiger partial charge >= 0.3 is 0 Å². The minimum Gasteiger partial charge on any atom is -0.334 e. The van der Waals surface area contributed by atoms with Crippen LogP contribution < -0.4 is 4.90 Å². The first-order valence-electron chi connectivity index (χ1n) is 6.82. The van der Waals surface area contributed by atoms with E-state index in [4.69, 9.17) is 12.2 Å². The Bertz CT molecular complexity index is 665. The number of Topliss-reactive ketones (excluding diaryl/α,β-unsaturated/α-hetero) is 1. The van der Waals surface area contributed by atoms with E-state index in [9.17, 15) is 4.79 Å². The Morgan fingerprint density at radius 2 is 2.14 bits per heavy atom. The highest BCUT2D eigenvalue weighted by atomic mass is 32.2. The molecule has 0 aliphatic carbocycles. The van der Waals surface area contributed by atoms with Gasteiger partial charge in [-0.05, 0) is 25.5 Å². The van der Waals surface area contributed by atoms with E-state index in [-0.39, 0.29) is 11.7 Å². The molecule has 2 aliphatic heterocycles. The van der Waals surface area contributed by atoms with Crippen LogP contribution in [0.3, 0.4) is 0 Å². The number of fused-ring (bicyclic) bond motifs is 1. The Kier molecular flexibility index (Phi) is 4.24. The summed E-state index contributed by atoms with van der Waals surface area (Å²) in [6.45, 7) is 6.67. The molecule has 0 spiro atoms. The average Bonchev–Trinajstić information content (AvgIpc) is 2.99. The lowest BCUT2D eigenvalue weighted by Crippen LogP contribution is -2.20. The summed E-state index contributed by atoms with van der Waals surface area (Å²) >= 11 is 8.52. The van der Waals surface area contributed by atoms with Crippen LogP contribution in [0.15, 0.2) is 51.8 Å². The van der Waals surface area contributed by atoms with Crippen LogP contribution >= 0.6 is 35.7 Å². The molecule has 1 atom stereocenters. The molecule has 0 unspecified atom stereocenters. The number of para-hydroxylation sites is 1. The number of anilines is 1. The minimum atomic E-state index is -0.187. The standard InChI is InChI=1S/C16H15NOS3/c1-3-7-10-13(18)14(21-16(10)19)15-17(4-2)11-8-5-6-9-12(11)20-15/h3,5-6,8-10H,1,4,7H2,2H3/t10-/m0/s1. The highest BCUT2D eigenvalue weighted by Crippen LogP contribution is 2.51. The molecular weight excluding hydrogens is 318 g/mol. The predicted molar refractivity (Wildman–Crippen MR) is 95.8 cm³/mol. The molecule has 21 heavy (non-hydrogen) atoms. The summed E-state index contributed by atoms with van der Waals surface area (Å²) in [5.41, 5.74) is 1.18. The second-order valence-corrected chi connectivity index (χ2v) is 7.59. The summed E-state index contributed by atoms with van der Waals surface area (Å²) in [6.07, 6.45) is 2.41. The number of benzene rings is 1. The Hall–Kier alpha value is -1.04. The molecule has 1 aromatic rings. The first-order chi connectivity index (χ1) is 10.2. The van der Waals surface area contributed by atoms with E-state index in [0.29, 0.717) is 6.42 Å². The van der Waals surface area contributed by atoms with Crippen LogP contribution in [0.1, 0.15) is 13.3 Å². The topological polar surface area (TPSA) is 20.3 Å². The molecule has 1 aromatic carbocycles. The van der Waals surface area contributed by atoms with Crippen molar-refractivity contribution >= 4 is 51.4 Å². The number of allylic oxidation sites excluding steroid dienone is 2. The monoisotopic (exact) mass is 333 g/mol. The fraction of sp³-hybridized carbons (Fsp3) is 0.250. The number of nitrogens with zero attached hydrogens (tertiary/aromatic N) is 1. The van der Waals surface area contributed by atoms with Crippen LogP contribution in [-0.2, 0) is 4.79 Å². The van der Waals surface area contributed by atoms with E-state index < -0.39 is 0 Å². The SMILES string of the molecule is C=CC[C@H]1C(=O)C(=C2Sc3ccccc3N2CC)SC1=S. The Labute approximate surface area is 138 Å². The summed E-state index contributed by atoms with van der Waals surface area (Å²) in [4.78, 5) is 16.9. The van der Waals surface area contributed by atoms with Gasteiger partial charge in [0.2, 0.25) is 0 Å². The summed E-state index contributed by atoms with van der Waals surface area (Å²) in [6, 6.07) is 8.26. The van der Waals surface area contributed by atoms with Crippen LogP contribution in [-0.4, -0.2) is 16.5 Å². The number of hydrogen-bond acceptors (Lipinski definition) is 5. The molecule has 1 saturated heterocycles. The Balaban J connectivity index is 2.03. The third-order valence-electron chi connectivity index (χ3n) is 3.55. The van der Waals surface area contributed by atoms with Crippen LogP contribution in [0, 0.1) is 5.92 Å². The average molecular weight is 334 g/mol. The van der Waals surface area contributed by atoms with Gasteiger partial charge in [0.1, 0.15) is 0 Å². The van der Waals surface area contributed by atoms with Gasteiger partial charge in [-0.1, -0.05) is 54.0 Å². The van der Waals surface area contributed by atoms with Crippen molar-refractivity contribution in [3.63, 3.8) is 0 Å². The molecule has 0 N–H and O–H groups in total. The molecule has 0 radical (unpaired) electrons. The third-order valence-corrected chi connectivity index (χ3v) is 6.48. The predicted octanol–water partition coefficient (Wildman–Crippen LogP) is 4.62. The molecule has 5 heteroatoms. The molecule has 0 saturated carbocycles. The lowest BCUT2D eigenvalue weighted by Gasteiger charge is -2.19. The number of ketones is 1. The van der Waals surface area contributed by atoms with Crippen LogP contribution in [0.25, 0.3) is 0 Å². The number of carbonyl (C=O) groups excluding carboxylic acids is 1. The molecule has 0 aromatic heterocycles. The molecule has 2 heterocycles.